The predicted molar refractivity (Wildman–Crippen MR) is 193 cm³/mol. The molecule has 0 spiro atoms. The molecule has 1 aromatic heterocycles. The number of rotatable bonds is 7. The first-order valence-electron chi connectivity index (χ1n) is 16.8. The Kier molecular flexibility index (Phi) is 10.5. The van der Waals surface area contributed by atoms with Crippen LogP contribution in [-0.4, -0.2) is 87.2 Å². The Morgan fingerprint density at radius 2 is 2.04 bits per heavy atom. The number of benzene rings is 1. The maximum absolute atomic E-state index is 14.9. The number of hydrogen-bond donors (Lipinski definition) is 0. The van der Waals surface area contributed by atoms with Crippen LogP contribution in [0.25, 0.3) is 5.32 Å². The number of halogens is 2. The highest BCUT2D eigenvalue weighted by molar-refractivity contribution is 9.11. The van der Waals surface area contributed by atoms with Crippen molar-refractivity contribution in [2.24, 2.45) is 5.92 Å². The van der Waals surface area contributed by atoms with E-state index in [2.05, 4.69) is 69.2 Å². The molecule has 4 aliphatic rings. The highest BCUT2D eigenvalue weighted by Gasteiger charge is 2.42. The van der Waals surface area contributed by atoms with Gasteiger partial charge >= 0.3 is 6.09 Å². The van der Waals surface area contributed by atoms with Crippen molar-refractivity contribution < 1.29 is 14.3 Å². The van der Waals surface area contributed by atoms with Crippen LogP contribution in [0, 0.1) is 5.92 Å². The number of carbonyl (C=O) groups is 2. The molecule has 1 aromatic carbocycles. The molecule has 2 aromatic rings. The molecular formula is C37H45BrClN6O3-. The zero-order chi connectivity index (χ0) is 34.0. The topological polar surface area (TPSA) is 85.0 Å². The van der Waals surface area contributed by atoms with Crippen LogP contribution in [0.1, 0.15) is 57.7 Å². The second kappa shape index (κ2) is 14.6. The van der Waals surface area contributed by atoms with E-state index in [9.17, 15) is 9.59 Å². The second-order valence-electron chi connectivity index (χ2n) is 14.2. The monoisotopic (exact) mass is 735 g/mol. The molecule has 2 amide bonds. The molecule has 0 radical (unpaired) electrons. The van der Waals surface area contributed by atoms with Gasteiger partial charge in [-0.1, -0.05) is 82.5 Å². The Morgan fingerprint density at radius 3 is 2.79 bits per heavy atom. The molecule has 256 valence electrons. The lowest BCUT2D eigenvalue weighted by molar-refractivity contribution is -0.139. The lowest BCUT2D eigenvalue weighted by atomic mass is 9.94. The first kappa shape index (κ1) is 34.5. The number of aryl methyl sites for hydroxylation is 1. The smallest absolute Gasteiger partial charge is 0.411 e. The molecule has 3 unspecified atom stereocenters. The van der Waals surface area contributed by atoms with Crippen molar-refractivity contribution in [2.75, 3.05) is 39.3 Å². The third-order valence-corrected chi connectivity index (χ3v) is 10.0. The number of fused-ring (bicyclic) bond motifs is 1. The number of hydrogen-bond acceptors (Lipinski definition) is 5. The lowest BCUT2D eigenvalue weighted by Gasteiger charge is -2.48. The molecule has 6 rings (SSSR count). The summed E-state index contributed by atoms with van der Waals surface area (Å²) < 4.78 is 8.94. The summed E-state index contributed by atoms with van der Waals surface area (Å²) in [6.45, 7) is 11.2. The van der Waals surface area contributed by atoms with Crippen molar-refractivity contribution >= 4 is 39.5 Å². The molecule has 1 fully saturated rings. The van der Waals surface area contributed by atoms with Gasteiger partial charge in [0.2, 0.25) is 5.91 Å². The normalized spacial score (nSPS) is 23.0. The maximum atomic E-state index is 14.9. The van der Waals surface area contributed by atoms with Crippen molar-refractivity contribution in [3.05, 3.63) is 104 Å². The zero-order valence-electron chi connectivity index (χ0n) is 28.2. The number of nitrogens with zero attached hydrogens (tertiary/aromatic N) is 6. The van der Waals surface area contributed by atoms with Gasteiger partial charge in [-0.15, -0.1) is 5.70 Å². The highest BCUT2D eigenvalue weighted by Crippen LogP contribution is 2.44. The molecule has 3 atom stereocenters. The van der Waals surface area contributed by atoms with Gasteiger partial charge < -0.3 is 19.5 Å². The number of carbonyl (C=O) groups excluding carboxylic acids is 2. The number of imidazole rings is 1. The molecule has 11 heteroatoms. The van der Waals surface area contributed by atoms with E-state index in [1.165, 1.54) is 16.7 Å². The van der Waals surface area contributed by atoms with Crippen molar-refractivity contribution in [1.29, 1.82) is 0 Å². The Hall–Kier alpha value is -3.34. The molecule has 2 aliphatic carbocycles. The minimum absolute atomic E-state index is 0.0869. The molecular weight excluding hydrogens is 692 g/mol. The maximum Gasteiger partial charge on any atom is 0.411 e. The van der Waals surface area contributed by atoms with E-state index < -0.39 is 17.7 Å². The number of piperazine rings is 1. The van der Waals surface area contributed by atoms with Gasteiger partial charge in [-0.3, -0.25) is 14.6 Å². The number of aromatic nitrogens is 2. The Bertz CT molecular complexity index is 1640. The molecule has 2 aliphatic heterocycles. The molecule has 0 saturated carbocycles. The van der Waals surface area contributed by atoms with E-state index >= 15 is 0 Å². The summed E-state index contributed by atoms with van der Waals surface area (Å²) in [5.74, 6) is 0.315. The molecule has 9 nitrogen and oxygen atoms in total. The molecule has 0 N–H and O–H groups in total. The van der Waals surface area contributed by atoms with Crippen LogP contribution in [0.2, 0.25) is 5.02 Å². The standard InChI is InChI=1S/C37H45BrClN6O3/c1-25-6-5-7-26(18-25)22-44(15-14-42-13-12-40-24-42)35(46)32-23-43(16-17-45(32)36(47)48-37(2,3)4)34-31-11-10-30(39)20-27(31)8-9-28-19-29(38)21-41-33(28)34/h5-7,10-13,19-20,24-25,32,34H,8-9,14-18,21-23H2,1-4H3/q-1. The summed E-state index contributed by atoms with van der Waals surface area (Å²) >= 11 is 10.2. The third-order valence-electron chi connectivity index (χ3n) is 9.32. The Morgan fingerprint density at radius 1 is 1.21 bits per heavy atom. The van der Waals surface area contributed by atoms with E-state index in [0.29, 0.717) is 56.8 Å². The van der Waals surface area contributed by atoms with Crippen molar-refractivity contribution in [3.63, 3.8) is 0 Å². The van der Waals surface area contributed by atoms with Gasteiger partial charge in [-0.2, -0.15) is 0 Å². The fourth-order valence-corrected chi connectivity index (χ4v) is 7.69. The number of ether oxygens (including phenoxy) is 1. The van der Waals surface area contributed by atoms with Gasteiger partial charge in [0.05, 0.1) is 6.33 Å². The largest absolute Gasteiger partial charge is 0.682 e. The van der Waals surface area contributed by atoms with E-state index in [1.807, 2.05) is 42.5 Å². The highest BCUT2D eigenvalue weighted by atomic mass is 79.9. The zero-order valence-corrected chi connectivity index (χ0v) is 30.6. The summed E-state index contributed by atoms with van der Waals surface area (Å²) in [6.07, 6.45) is 16.1. The van der Waals surface area contributed by atoms with Crippen LogP contribution in [0.3, 0.4) is 0 Å². The average Bonchev–Trinajstić information content (AvgIpc) is 3.51. The van der Waals surface area contributed by atoms with Gasteiger partial charge in [-0.05, 0) is 73.7 Å². The van der Waals surface area contributed by atoms with Crippen LogP contribution >= 0.6 is 27.5 Å². The van der Waals surface area contributed by atoms with Crippen LogP contribution in [-0.2, 0) is 22.5 Å². The molecule has 3 heterocycles. The van der Waals surface area contributed by atoms with Gasteiger partial charge in [-0.25, -0.2) is 9.78 Å². The van der Waals surface area contributed by atoms with Crippen LogP contribution in [0.15, 0.2) is 82.5 Å². The third kappa shape index (κ3) is 8.09. The quantitative estimate of drug-likeness (QED) is 0.296. The predicted octanol–water partition coefficient (Wildman–Crippen LogP) is 7.42. The summed E-state index contributed by atoms with van der Waals surface area (Å²) in [5, 5.41) is 5.79. The van der Waals surface area contributed by atoms with E-state index in [0.717, 1.165) is 35.0 Å². The van der Waals surface area contributed by atoms with E-state index in [1.54, 1.807) is 17.4 Å². The van der Waals surface area contributed by atoms with Gasteiger partial charge in [0.15, 0.2) is 0 Å². The van der Waals surface area contributed by atoms with E-state index in [-0.39, 0.29) is 11.9 Å². The molecule has 1 saturated heterocycles. The van der Waals surface area contributed by atoms with Crippen LogP contribution in [0.5, 0.6) is 0 Å². The van der Waals surface area contributed by atoms with Gasteiger partial charge in [0.1, 0.15) is 11.6 Å². The Labute approximate surface area is 297 Å². The fraction of sp³-hybridized carbons (Fsp3) is 0.486. The minimum Gasteiger partial charge on any atom is -0.682 e. The summed E-state index contributed by atoms with van der Waals surface area (Å²) in [4.78, 5) is 38.8. The van der Waals surface area contributed by atoms with Crippen molar-refractivity contribution in [1.82, 2.24) is 24.3 Å². The minimum atomic E-state index is -0.748. The number of allylic oxidation sites excluding steroid dienone is 5. The Balaban J connectivity index is 1.36. The first-order chi connectivity index (χ1) is 22.9. The lowest BCUT2D eigenvalue weighted by Crippen LogP contribution is -2.62. The van der Waals surface area contributed by atoms with Crippen molar-refractivity contribution in [3.8, 4) is 0 Å². The molecule has 0 bridgehead atoms. The second-order valence-corrected chi connectivity index (χ2v) is 15.7. The first-order valence-corrected chi connectivity index (χ1v) is 18.0. The fourth-order valence-electron chi connectivity index (χ4n) is 7.09. The average molecular weight is 737 g/mol. The summed E-state index contributed by atoms with van der Waals surface area (Å²) in [7, 11) is 0. The summed E-state index contributed by atoms with van der Waals surface area (Å²) in [6, 6.07) is 5.20. The van der Waals surface area contributed by atoms with Gasteiger partial charge in [0.25, 0.3) is 0 Å². The van der Waals surface area contributed by atoms with Crippen LogP contribution in [0.4, 0.5) is 4.79 Å². The number of amides is 2. The summed E-state index contributed by atoms with van der Waals surface area (Å²) in [5.41, 5.74) is 5.06. The molecule has 48 heavy (non-hydrogen) atoms. The van der Waals surface area contributed by atoms with Crippen LogP contribution < -0.4 is 0 Å². The SMILES string of the molecule is CC1C=CC=C(CN(CCn2ccnc2)C(=O)C2CN(C3C4=C(C=C(Br)C[N-]4)CCc4cc(Cl)ccc43)CCN2C(=O)OC(C)(C)C)C1. The van der Waals surface area contributed by atoms with Gasteiger partial charge in [0, 0.05) is 62.7 Å². The van der Waals surface area contributed by atoms with E-state index in [4.69, 9.17) is 21.7 Å². The van der Waals surface area contributed by atoms with Crippen molar-refractivity contribution in [2.45, 2.75) is 71.2 Å².